The summed E-state index contributed by atoms with van der Waals surface area (Å²) in [5.74, 6) is 0.571. The Labute approximate surface area is 148 Å². The molecule has 0 atom stereocenters. The van der Waals surface area contributed by atoms with Gasteiger partial charge in [-0.1, -0.05) is 36.0 Å². The van der Waals surface area contributed by atoms with Crippen LogP contribution < -0.4 is 0 Å². The zero-order valence-electron chi connectivity index (χ0n) is 13.6. The molecule has 3 aromatic rings. The van der Waals surface area contributed by atoms with E-state index in [0.29, 0.717) is 18.8 Å². The fourth-order valence-corrected chi connectivity index (χ4v) is 5.01. The van der Waals surface area contributed by atoms with E-state index in [4.69, 9.17) is 0 Å². The number of rotatable bonds is 3. The Morgan fingerprint density at radius 3 is 2.62 bits per heavy atom. The lowest BCUT2D eigenvalue weighted by molar-refractivity contribution is -0.128. The molecule has 24 heavy (non-hydrogen) atoms. The average Bonchev–Trinajstić information content (AvgIpc) is 3.14. The summed E-state index contributed by atoms with van der Waals surface area (Å²) in [6.45, 7) is 5.62. The molecule has 1 amide bonds. The van der Waals surface area contributed by atoms with Crippen molar-refractivity contribution in [3.8, 4) is 0 Å². The van der Waals surface area contributed by atoms with Crippen molar-refractivity contribution in [1.82, 2.24) is 14.9 Å². The molecule has 6 heteroatoms. The highest BCUT2D eigenvalue weighted by Crippen LogP contribution is 2.34. The van der Waals surface area contributed by atoms with Crippen molar-refractivity contribution in [2.24, 2.45) is 0 Å². The summed E-state index contributed by atoms with van der Waals surface area (Å²) >= 11 is 3.20. The molecule has 3 heterocycles. The van der Waals surface area contributed by atoms with Crippen LogP contribution in [-0.4, -0.2) is 26.5 Å². The van der Waals surface area contributed by atoms with E-state index in [1.807, 2.05) is 17.0 Å². The third-order valence-corrected chi connectivity index (χ3v) is 6.55. The first-order chi connectivity index (χ1) is 11.6. The third kappa shape index (κ3) is 2.70. The van der Waals surface area contributed by atoms with Crippen LogP contribution >= 0.6 is 23.1 Å². The molecule has 0 bridgehead atoms. The zero-order valence-corrected chi connectivity index (χ0v) is 15.2. The summed E-state index contributed by atoms with van der Waals surface area (Å²) in [6.07, 6.45) is 1.59. The Kier molecular flexibility index (Phi) is 4.02. The maximum absolute atomic E-state index is 12.6. The summed E-state index contributed by atoms with van der Waals surface area (Å²) in [6, 6.07) is 8.25. The number of thioether (sulfide) groups is 1. The van der Waals surface area contributed by atoms with E-state index in [2.05, 4.69) is 35.9 Å². The third-order valence-electron chi connectivity index (χ3n) is 4.46. The van der Waals surface area contributed by atoms with Crippen molar-refractivity contribution in [3.05, 3.63) is 52.2 Å². The number of carbonyl (C=O) groups is 1. The number of benzene rings is 1. The summed E-state index contributed by atoms with van der Waals surface area (Å²) in [7, 11) is 0. The van der Waals surface area contributed by atoms with Crippen molar-refractivity contribution in [3.63, 3.8) is 0 Å². The first-order valence-corrected chi connectivity index (χ1v) is 9.61. The Morgan fingerprint density at radius 1 is 1.21 bits per heavy atom. The van der Waals surface area contributed by atoms with Gasteiger partial charge in [-0.25, -0.2) is 9.97 Å². The number of amides is 1. The number of hydrogen-bond acceptors (Lipinski definition) is 5. The van der Waals surface area contributed by atoms with Crippen molar-refractivity contribution < 1.29 is 4.79 Å². The monoisotopic (exact) mass is 355 g/mol. The molecule has 0 radical (unpaired) electrons. The lowest BCUT2D eigenvalue weighted by Gasteiger charge is -2.15. The SMILES string of the molecule is Cc1sc2ncnc(SCC(=O)N3Cc4ccccc4C3)c2c1C. The van der Waals surface area contributed by atoms with Crippen LogP contribution in [0.25, 0.3) is 10.2 Å². The Bertz CT molecular complexity index is 910. The fourth-order valence-electron chi connectivity index (χ4n) is 2.99. The standard InChI is InChI=1S/C18H17N3OS2/c1-11-12(2)24-18-16(11)17(19-10-20-18)23-9-15(22)21-7-13-5-3-4-6-14(13)8-21/h3-6,10H,7-9H2,1-2H3. The second kappa shape index (κ2) is 6.18. The van der Waals surface area contributed by atoms with Crippen molar-refractivity contribution in [2.45, 2.75) is 32.0 Å². The molecule has 122 valence electrons. The lowest BCUT2D eigenvalue weighted by Crippen LogP contribution is -2.27. The molecule has 1 aromatic carbocycles. The first-order valence-electron chi connectivity index (χ1n) is 7.81. The molecule has 4 rings (SSSR count). The number of nitrogens with zero attached hydrogens (tertiary/aromatic N) is 3. The number of aryl methyl sites for hydroxylation is 2. The molecule has 1 aliphatic rings. The predicted octanol–water partition coefficient (Wildman–Crippen LogP) is 3.94. The molecule has 0 saturated heterocycles. The van der Waals surface area contributed by atoms with Crippen LogP contribution in [0.4, 0.5) is 0 Å². The molecular weight excluding hydrogens is 338 g/mol. The van der Waals surface area contributed by atoms with E-state index in [1.165, 1.54) is 33.3 Å². The van der Waals surface area contributed by atoms with E-state index >= 15 is 0 Å². The van der Waals surface area contributed by atoms with Gasteiger partial charge in [-0.2, -0.15) is 0 Å². The van der Waals surface area contributed by atoms with Crippen LogP contribution in [0.1, 0.15) is 21.6 Å². The van der Waals surface area contributed by atoms with Gasteiger partial charge < -0.3 is 4.90 Å². The normalized spacial score (nSPS) is 13.5. The Balaban J connectivity index is 1.49. The highest BCUT2D eigenvalue weighted by Gasteiger charge is 2.23. The van der Waals surface area contributed by atoms with E-state index in [0.717, 1.165) is 15.2 Å². The van der Waals surface area contributed by atoms with Crippen LogP contribution in [-0.2, 0) is 17.9 Å². The second-order valence-corrected chi connectivity index (χ2v) is 8.12. The number of carbonyl (C=O) groups excluding carboxylic acids is 1. The smallest absolute Gasteiger partial charge is 0.233 e. The molecule has 0 aliphatic carbocycles. The van der Waals surface area contributed by atoms with E-state index in [-0.39, 0.29) is 5.91 Å². The van der Waals surface area contributed by atoms with Gasteiger partial charge in [0.1, 0.15) is 16.2 Å². The van der Waals surface area contributed by atoms with Gasteiger partial charge in [0.25, 0.3) is 0 Å². The topological polar surface area (TPSA) is 46.1 Å². The predicted molar refractivity (Wildman–Crippen MR) is 98.3 cm³/mol. The maximum Gasteiger partial charge on any atom is 0.233 e. The largest absolute Gasteiger partial charge is 0.333 e. The summed E-state index contributed by atoms with van der Waals surface area (Å²) in [5, 5.41) is 2.01. The van der Waals surface area contributed by atoms with Gasteiger partial charge in [0.15, 0.2) is 0 Å². The van der Waals surface area contributed by atoms with Crippen LogP contribution in [0, 0.1) is 13.8 Å². The molecule has 0 N–H and O–H groups in total. The molecular formula is C18H17N3OS2. The molecule has 0 saturated carbocycles. The van der Waals surface area contributed by atoms with Crippen LogP contribution in [0.2, 0.25) is 0 Å². The quantitative estimate of drug-likeness (QED) is 0.527. The second-order valence-electron chi connectivity index (χ2n) is 5.95. The Hall–Kier alpha value is -1.92. The number of aromatic nitrogens is 2. The van der Waals surface area contributed by atoms with Gasteiger partial charge in [0, 0.05) is 23.4 Å². The van der Waals surface area contributed by atoms with Gasteiger partial charge in [-0.05, 0) is 30.5 Å². The average molecular weight is 355 g/mol. The van der Waals surface area contributed by atoms with Crippen LogP contribution in [0.15, 0.2) is 35.6 Å². The molecule has 4 nitrogen and oxygen atoms in total. The molecule has 1 aliphatic heterocycles. The van der Waals surface area contributed by atoms with Gasteiger partial charge in [-0.15, -0.1) is 11.3 Å². The first kappa shape index (κ1) is 15.6. The number of hydrogen-bond donors (Lipinski definition) is 0. The van der Waals surface area contributed by atoms with E-state index in [9.17, 15) is 4.79 Å². The highest BCUT2D eigenvalue weighted by molar-refractivity contribution is 8.00. The van der Waals surface area contributed by atoms with Crippen LogP contribution in [0.5, 0.6) is 0 Å². The van der Waals surface area contributed by atoms with E-state index < -0.39 is 0 Å². The molecule has 2 aromatic heterocycles. The summed E-state index contributed by atoms with van der Waals surface area (Å²) in [5.41, 5.74) is 3.73. The van der Waals surface area contributed by atoms with Crippen LogP contribution in [0.3, 0.4) is 0 Å². The number of fused-ring (bicyclic) bond motifs is 2. The minimum absolute atomic E-state index is 0.160. The molecule has 0 unspecified atom stereocenters. The molecule has 0 fully saturated rings. The van der Waals surface area contributed by atoms with Gasteiger partial charge >= 0.3 is 0 Å². The van der Waals surface area contributed by atoms with Crippen molar-refractivity contribution in [1.29, 1.82) is 0 Å². The Morgan fingerprint density at radius 2 is 1.92 bits per heavy atom. The zero-order chi connectivity index (χ0) is 16.7. The lowest BCUT2D eigenvalue weighted by atomic mass is 10.1. The fraction of sp³-hybridized carbons (Fsp3) is 0.278. The van der Waals surface area contributed by atoms with Crippen molar-refractivity contribution >= 4 is 39.2 Å². The molecule has 0 spiro atoms. The van der Waals surface area contributed by atoms with Gasteiger partial charge in [0.2, 0.25) is 5.91 Å². The highest BCUT2D eigenvalue weighted by atomic mass is 32.2. The van der Waals surface area contributed by atoms with E-state index in [1.54, 1.807) is 17.7 Å². The van der Waals surface area contributed by atoms with Gasteiger partial charge in [-0.3, -0.25) is 4.79 Å². The van der Waals surface area contributed by atoms with Crippen molar-refractivity contribution in [2.75, 3.05) is 5.75 Å². The van der Waals surface area contributed by atoms with Gasteiger partial charge in [0.05, 0.1) is 5.75 Å². The summed E-state index contributed by atoms with van der Waals surface area (Å²) in [4.78, 5) is 25.5. The number of thiophene rings is 1. The minimum Gasteiger partial charge on any atom is -0.333 e. The minimum atomic E-state index is 0.160. The maximum atomic E-state index is 12.6. The summed E-state index contributed by atoms with van der Waals surface area (Å²) < 4.78 is 0.